The summed E-state index contributed by atoms with van der Waals surface area (Å²) in [7, 11) is 0. The van der Waals surface area contributed by atoms with Crippen LogP contribution in [-0.2, 0) is 5.75 Å². The van der Waals surface area contributed by atoms with E-state index in [2.05, 4.69) is 38.4 Å². The van der Waals surface area contributed by atoms with Gasteiger partial charge in [-0.05, 0) is 44.7 Å². The van der Waals surface area contributed by atoms with Crippen LogP contribution >= 0.6 is 23.4 Å². The second-order valence-corrected chi connectivity index (χ2v) is 5.91. The lowest BCUT2D eigenvalue weighted by molar-refractivity contribution is 0.633. The highest BCUT2D eigenvalue weighted by Gasteiger charge is 2.12. The molecule has 0 atom stereocenters. The summed E-state index contributed by atoms with van der Waals surface area (Å²) in [6.07, 6.45) is 2.11. The van der Waals surface area contributed by atoms with E-state index in [1.54, 1.807) is 0 Å². The van der Waals surface area contributed by atoms with E-state index < -0.39 is 0 Å². The Morgan fingerprint density at radius 2 is 2.00 bits per heavy atom. The van der Waals surface area contributed by atoms with Crippen LogP contribution in [0, 0.1) is 0 Å². The maximum Gasteiger partial charge on any atom is 0.0426 e. The van der Waals surface area contributed by atoms with Crippen LogP contribution < -0.4 is 5.32 Å². The molecule has 0 radical (unpaired) electrons. The Hall–Kier alpha value is -0.340. The molecule has 1 nitrogen and oxygen atoms in total. The van der Waals surface area contributed by atoms with Crippen molar-refractivity contribution in [2.24, 2.45) is 0 Å². The van der Waals surface area contributed by atoms with Gasteiger partial charge in [0, 0.05) is 22.0 Å². The summed E-state index contributed by atoms with van der Waals surface area (Å²) >= 11 is 7.82. The zero-order valence-corrected chi connectivity index (χ0v) is 11.3. The lowest BCUT2D eigenvalue weighted by Crippen LogP contribution is -2.26. The molecule has 0 fully saturated rings. The molecular weight excluding hydrogens is 226 g/mol. The second kappa shape index (κ2) is 5.13. The molecule has 0 spiro atoms. The minimum atomic E-state index is 0.0673. The van der Waals surface area contributed by atoms with Crippen molar-refractivity contribution < 1.29 is 0 Å². The van der Waals surface area contributed by atoms with Crippen LogP contribution in [0.2, 0.25) is 5.02 Å². The van der Waals surface area contributed by atoms with E-state index in [1.807, 2.05) is 23.9 Å². The summed E-state index contributed by atoms with van der Waals surface area (Å²) in [6.45, 7) is 6.45. The first-order valence-electron chi connectivity index (χ1n) is 4.98. The largest absolute Gasteiger partial charge is 0.380 e. The van der Waals surface area contributed by atoms with Crippen LogP contribution in [0.4, 0.5) is 5.69 Å². The van der Waals surface area contributed by atoms with E-state index in [0.717, 1.165) is 16.5 Å². The van der Waals surface area contributed by atoms with Gasteiger partial charge in [-0.1, -0.05) is 17.7 Å². The monoisotopic (exact) mass is 243 g/mol. The van der Waals surface area contributed by atoms with Gasteiger partial charge in [-0.15, -0.1) is 0 Å². The van der Waals surface area contributed by atoms with E-state index in [0.29, 0.717) is 0 Å². The number of nitrogens with one attached hydrogen (secondary N) is 1. The van der Waals surface area contributed by atoms with Gasteiger partial charge in [0.1, 0.15) is 0 Å². The molecule has 1 rings (SSSR count). The SMILES string of the molecule is CSCc1ccc(Cl)cc1NC(C)(C)C. The third-order valence-electron chi connectivity index (χ3n) is 1.88. The third kappa shape index (κ3) is 4.35. The zero-order chi connectivity index (χ0) is 11.5. The molecule has 0 unspecified atom stereocenters. The normalized spacial score (nSPS) is 11.5. The molecule has 0 saturated carbocycles. The Morgan fingerprint density at radius 3 is 2.53 bits per heavy atom. The van der Waals surface area contributed by atoms with Crippen LogP contribution in [0.15, 0.2) is 18.2 Å². The Morgan fingerprint density at radius 1 is 1.33 bits per heavy atom. The van der Waals surface area contributed by atoms with Gasteiger partial charge in [-0.2, -0.15) is 11.8 Å². The van der Waals surface area contributed by atoms with Crippen molar-refractivity contribution in [2.45, 2.75) is 32.1 Å². The van der Waals surface area contributed by atoms with Crippen LogP contribution in [0.25, 0.3) is 0 Å². The van der Waals surface area contributed by atoms with Crippen molar-refractivity contribution >= 4 is 29.1 Å². The van der Waals surface area contributed by atoms with E-state index in [4.69, 9.17) is 11.6 Å². The number of halogens is 1. The molecule has 0 aliphatic rings. The standard InChI is InChI=1S/C12H18ClNS/c1-12(2,3)14-11-7-10(13)6-5-9(11)8-15-4/h5-7,14H,8H2,1-4H3. The Bertz CT molecular complexity index is 331. The molecule has 0 amide bonds. The number of benzene rings is 1. The second-order valence-electron chi connectivity index (χ2n) is 4.61. The Labute approximate surface area is 102 Å². The molecule has 3 heteroatoms. The Balaban J connectivity index is 2.96. The van der Waals surface area contributed by atoms with Gasteiger partial charge >= 0.3 is 0 Å². The van der Waals surface area contributed by atoms with E-state index in [9.17, 15) is 0 Å². The van der Waals surface area contributed by atoms with Gasteiger partial charge in [0.2, 0.25) is 0 Å². The van der Waals surface area contributed by atoms with Crippen molar-refractivity contribution in [1.82, 2.24) is 0 Å². The van der Waals surface area contributed by atoms with Crippen LogP contribution in [-0.4, -0.2) is 11.8 Å². The van der Waals surface area contributed by atoms with Crippen molar-refractivity contribution in [1.29, 1.82) is 0 Å². The topological polar surface area (TPSA) is 12.0 Å². The average Bonchev–Trinajstić information content (AvgIpc) is 2.07. The summed E-state index contributed by atoms with van der Waals surface area (Å²) in [6, 6.07) is 6.03. The van der Waals surface area contributed by atoms with Gasteiger partial charge in [0.15, 0.2) is 0 Å². The molecule has 15 heavy (non-hydrogen) atoms. The molecule has 0 aromatic heterocycles. The smallest absolute Gasteiger partial charge is 0.0426 e. The minimum Gasteiger partial charge on any atom is -0.380 e. The fraction of sp³-hybridized carbons (Fsp3) is 0.500. The zero-order valence-electron chi connectivity index (χ0n) is 9.73. The van der Waals surface area contributed by atoms with Crippen molar-refractivity contribution in [3.63, 3.8) is 0 Å². The van der Waals surface area contributed by atoms with Gasteiger partial charge in [0.05, 0.1) is 0 Å². The molecule has 0 aliphatic carbocycles. The van der Waals surface area contributed by atoms with Gasteiger partial charge < -0.3 is 5.32 Å². The number of hydrogen-bond acceptors (Lipinski definition) is 2. The van der Waals surface area contributed by atoms with E-state index in [1.165, 1.54) is 5.56 Å². The van der Waals surface area contributed by atoms with Gasteiger partial charge in [-0.3, -0.25) is 0 Å². The highest BCUT2D eigenvalue weighted by atomic mass is 35.5. The first kappa shape index (κ1) is 12.7. The maximum atomic E-state index is 6.00. The van der Waals surface area contributed by atoms with Crippen LogP contribution in [0.3, 0.4) is 0 Å². The fourth-order valence-electron chi connectivity index (χ4n) is 1.35. The predicted octanol–water partition coefficient (Wildman–Crippen LogP) is 4.41. The number of thioether (sulfide) groups is 1. The molecular formula is C12H18ClNS. The molecule has 0 aliphatic heterocycles. The summed E-state index contributed by atoms with van der Waals surface area (Å²) in [5.41, 5.74) is 2.52. The van der Waals surface area contributed by atoms with Crippen molar-refractivity contribution in [2.75, 3.05) is 11.6 Å². The first-order valence-corrected chi connectivity index (χ1v) is 6.75. The molecule has 84 valence electrons. The third-order valence-corrected chi connectivity index (χ3v) is 2.72. The van der Waals surface area contributed by atoms with Crippen LogP contribution in [0.1, 0.15) is 26.3 Å². The summed E-state index contributed by atoms with van der Waals surface area (Å²) < 4.78 is 0. The van der Waals surface area contributed by atoms with Crippen molar-refractivity contribution in [3.05, 3.63) is 28.8 Å². The fourth-order valence-corrected chi connectivity index (χ4v) is 2.09. The highest BCUT2D eigenvalue weighted by Crippen LogP contribution is 2.26. The average molecular weight is 244 g/mol. The van der Waals surface area contributed by atoms with Gasteiger partial charge in [0.25, 0.3) is 0 Å². The molecule has 0 bridgehead atoms. The molecule has 0 saturated heterocycles. The van der Waals surface area contributed by atoms with E-state index in [-0.39, 0.29) is 5.54 Å². The number of anilines is 1. The Kier molecular flexibility index (Phi) is 4.35. The molecule has 1 aromatic carbocycles. The lowest BCUT2D eigenvalue weighted by Gasteiger charge is -2.24. The first-order chi connectivity index (χ1) is 6.92. The van der Waals surface area contributed by atoms with Crippen LogP contribution in [0.5, 0.6) is 0 Å². The molecule has 1 aromatic rings. The number of rotatable bonds is 3. The molecule has 1 N–H and O–H groups in total. The summed E-state index contributed by atoms with van der Waals surface area (Å²) in [4.78, 5) is 0. The van der Waals surface area contributed by atoms with Gasteiger partial charge in [-0.25, -0.2) is 0 Å². The van der Waals surface area contributed by atoms with Crippen molar-refractivity contribution in [3.8, 4) is 0 Å². The molecule has 0 heterocycles. The van der Waals surface area contributed by atoms with E-state index >= 15 is 0 Å². The number of hydrogen-bond donors (Lipinski definition) is 1. The highest BCUT2D eigenvalue weighted by molar-refractivity contribution is 7.97. The maximum absolute atomic E-state index is 6.00. The summed E-state index contributed by atoms with van der Waals surface area (Å²) in [5.74, 6) is 1.01. The minimum absolute atomic E-state index is 0.0673. The summed E-state index contributed by atoms with van der Waals surface area (Å²) in [5, 5.41) is 4.26. The quantitative estimate of drug-likeness (QED) is 0.844. The lowest BCUT2D eigenvalue weighted by atomic mass is 10.1. The predicted molar refractivity (Wildman–Crippen MR) is 72.0 cm³/mol.